The molecule has 6 nitrogen and oxygen atoms in total. The number of unbranched alkanes of at least 4 members (excludes halogenated alkanes) is 3. The van der Waals surface area contributed by atoms with E-state index in [0.717, 1.165) is 44.3 Å². The highest BCUT2D eigenvalue weighted by Gasteiger charge is 2.22. The van der Waals surface area contributed by atoms with Gasteiger partial charge in [-0.25, -0.2) is 4.79 Å². The van der Waals surface area contributed by atoms with Gasteiger partial charge < -0.3 is 19.7 Å². The van der Waals surface area contributed by atoms with Crippen LogP contribution in [0.1, 0.15) is 63.2 Å². The predicted octanol–water partition coefficient (Wildman–Crippen LogP) is 4.80. The van der Waals surface area contributed by atoms with E-state index in [4.69, 9.17) is 9.47 Å². The van der Waals surface area contributed by atoms with Crippen LogP contribution in [-0.4, -0.2) is 44.8 Å². The molecule has 0 aliphatic heterocycles. The van der Waals surface area contributed by atoms with Gasteiger partial charge in [-0.1, -0.05) is 19.4 Å². The first-order chi connectivity index (χ1) is 14.1. The number of esters is 1. The second-order valence-electron chi connectivity index (χ2n) is 6.71. The largest absolute Gasteiger partial charge is 0.462 e. The van der Waals surface area contributed by atoms with Crippen molar-refractivity contribution in [1.29, 1.82) is 0 Å². The molecule has 1 rings (SSSR count). The average molecular weight is 405 g/mol. The summed E-state index contributed by atoms with van der Waals surface area (Å²) in [7, 11) is 0. The van der Waals surface area contributed by atoms with Gasteiger partial charge in [0.15, 0.2) is 0 Å². The minimum Gasteiger partial charge on any atom is -0.462 e. The first-order valence-electron chi connectivity index (χ1n) is 10.6. The minimum atomic E-state index is -0.432. The molecule has 162 valence electrons. The van der Waals surface area contributed by atoms with Crippen LogP contribution in [0, 0.1) is 0 Å². The van der Waals surface area contributed by atoms with E-state index < -0.39 is 5.97 Å². The molecule has 0 saturated carbocycles. The Bertz CT molecular complexity index is 646. The Hall–Kier alpha value is -2.34. The van der Waals surface area contributed by atoms with Crippen molar-refractivity contribution in [2.24, 2.45) is 0 Å². The lowest BCUT2D eigenvalue weighted by molar-refractivity contribution is -0.123. The molecule has 1 N–H and O–H groups in total. The molecule has 0 atom stereocenters. The SMILES string of the molecule is C=CCCCCNc1ccc(C(=O)OCC)c(N(CC)C(=O)COCCCC)c1. The summed E-state index contributed by atoms with van der Waals surface area (Å²) in [6.45, 7) is 11.5. The molecule has 0 radical (unpaired) electrons. The lowest BCUT2D eigenvalue weighted by Gasteiger charge is -2.24. The summed E-state index contributed by atoms with van der Waals surface area (Å²) in [6.07, 6.45) is 6.92. The van der Waals surface area contributed by atoms with Crippen LogP contribution in [0.3, 0.4) is 0 Å². The molecule has 0 aliphatic carbocycles. The van der Waals surface area contributed by atoms with Gasteiger partial charge in [-0.2, -0.15) is 0 Å². The number of carbonyl (C=O) groups is 2. The van der Waals surface area contributed by atoms with Crippen molar-refractivity contribution in [1.82, 2.24) is 0 Å². The topological polar surface area (TPSA) is 67.9 Å². The number of hydrogen-bond donors (Lipinski definition) is 1. The van der Waals surface area contributed by atoms with Crippen molar-refractivity contribution in [2.45, 2.75) is 52.9 Å². The zero-order valence-corrected chi connectivity index (χ0v) is 18.2. The molecule has 0 saturated heterocycles. The molecule has 0 aromatic heterocycles. The van der Waals surface area contributed by atoms with Crippen LogP contribution in [0.4, 0.5) is 11.4 Å². The normalized spacial score (nSPS) is 10.4. The summed E-state index contributed by atoms with van der Waals surface area (Å²) in [6, 6.07) is 5.40. The first kappa shape index (κ1) is 24.7. The van der Waals surface area contributed by atoms with Gasteiger partial charge in [0.05, 0.1) is 17.9 Å². The molecule has 0 unspecified atom stereocenters. The van der Waals surface area contributed by atoms with E-state index >= 15 is 0 Å². The van der Waals surface area contributed by atoms with Gasteiger partial charge >= 0.3 is 5.97 Å². The summed E-state index contributed by atoms with van der Waals surface area (Å²) in [4.78, 5) is 26.7. The van der Waals surface area contributed by atoms with Crippen LogP contribution in [0.25, 0.3) is 0 Å². The fourth-order valence-corrected chi connectivity index (χ4v) is 2.86. The fourth-order valence-electron chi connectivity index (χ4n) is 2.86. The van der Waals surface area contributed by atoms with Crippen LogP contribution in [0.5, 0.6) is 0 Å². The van der Waals surface area contributed by atoms with Crippen LogP contribution in [-0.2, 0) is 14.3 Å². The quantitative estimate of drug-likeness (QED) is 0.258. The zero-order valence-electron chi connectivity index (χ0n) is 18.2. The van der Waals surface area contributed by atoms with Crippen molar-refractivity contribution in [3.8, 4) is 0 Å². The number of nitrogens with one attached hydrogen (secondary N) is 1. The third-order valence-corrected chi connectivity index (χ3v) is 4.43. The Morgan fingerprint density at radius 1 is 1.17 bits per heavy atom. The molecule has 1 amide bonds. The van der Waals surface area contributed by atoms with Crippen LogP contribution in [0.2, 0.25) is 0 Å². The number of nitrogens with zero attached hydrogens (tertiary/aromatic N) is 1. The number of hydrogen-bond acceptors (Lipinski definition) is 5. The molecule has 29 heavy (non-hydrogen) atoms. The fraction of sp³-hybridized carbons (Fsp3) is 0.565. The van der Waals surface area contributed by atoms with Crippen LogP contribution >= 0.6 is 0 Å². The number of allylic oxidation sites excluding steroid dienone is 1. The van der Waals surface area contributed by atoms with Crippen molar-refractivity contribution in [2.75, 3.05) is 43.1 Å². The maximum absolute atomic E-state index is 12.7. The molecule has 0 aliphatic rings. The second-order valence-corrected chi connectivity index (χ2v) is 6.71. The number of amides is 1. The summed E-state index contributed by atoms with van der Waals surface area (Å²) in [5, 5.41) is 3.36. The number of carbonyl (C=O) groups excluding carboxylic acids is 2. The minimum absolute atomic E-state index is 0.00465. The molecule has 1 aromatic carbocycles. The van der Waals surface area contributed by atoms with Gasteiger partial charge in [0.2, 0.25) is 0 Å². The molecule has 0 bridgehead atoms. The number of benzene rings is 1. The molecule has 0 fully saturated rings. The van der Waals surface area contributed by atoms with Crippen molar-refractivity contribution < 1.29 is 19.1 Å². The van der Waals surface area contributed by atoms with Crippen LogP contribution < -0.4 is 10.2 Å². The summed E-state index contributed by atoms with van der Waals surface area (Å²) < 4.78 is 10.7. The van der Waals surface area contributed by atoms with Crippen molar-refractivity contribution >= 4 is 23.3 Å². The maximum Gasteiger partial charge on any atom is 0.340 e. The van der Waals surface area contributed by atoms with E-state index in [2.05, 4.69) is 18.8 Å². The molecular weight excluding hydrogens is 368 g/mol. The lowest BCUT2D eigenvalue weighted by Crippen LogP contribution is -2.35. The standard InChI is InChI=1S/C23H36N2O4/c1-5-9-11-12-15-24-19-13-14-20(23(27)29-8-4)21(17-19)25(7-3)22(26)18-28-16-10-6-2/h5,13-14,17,24H,1,6-12,15-16,18H2,2-4H3. The molecule has 6 heteroatoms. The third-order valence-electron chi connectivity index (χ3n) is 4.43. The smallest absolute Gasteiger partial charge is 0.340 e. The monoisotopic (exact) mass is 404 g/mol. The Morgan fingerprint density at radius 2 is 1.97 bits per heavy atom. The molecular formula is C23H36N2O4. The Morgan fingerprint density at radius 3 is 2.62 bits per heavy atom. The van der Waals surface area contributed by atoms with E-state index in [-0.39, 0.29) is 19.1 Å². The van der Waals surface area contributed by atoms with Gasteiger partial charge in [0.25, 0.3) is 5.91 Å². The van der Waals surface area contributed by atoms with Gasteiger partial charge in [-0.3, -0.25) is 4.79 Å². The van der Waals surface area contributed by atoms with Crippen molar-refractivity contribution in [3.05, 3.63) is 36.4 Å². The van der Waals surface area contributed by atoms with Gasteiger partial charge in [0, 0.05) is 25.4 Å². The highest BCUT2D eigenvalue weighted by Crippen LogP contribution is 2.26. The number of rotatable bonds is 15. The summed E-state index contributed by atoms with van der Waals surface area (Å²) in [5.41, 5.74) is 1.80. The average Bonchev–Trinajstić information content (AvgIpc) is 2.72. The van der Waals surface area contributed by atoms with Crippen LogP contribution in [0.15, 0.2) is 30.9 Å². The highest BCUT2D eigenvalue weighted by atomic mass is 16.5. The van der Waals surface area contributed by atoms with E-state index in [0.29, 0.717) is 24.4 Å². The molecule has 0 heterocycles. The van der Waals surface area contributed by atoms with Gasteiger partial charge in [-0.05, 0) is 57.7 Å². The van der Waals surface area contributed by atoms with E-state index in [1.54, 1.807) is 17.9 Å². The summed E-state index contributed by atoms with van der Waals surface area (Å²) in [5.74, 6) is -0.601. The lowest BCUT2D eigenvalue weighted by atomic mass is 10.1. The Labute approximate surface area is 175 Å². The Kier molecular flexibility index (Phi) is 12.5. The maximum atomic E-state index is 12.7. The number of anilines is 2. The van der Waals surface area contributed by atoms with Gasteiger partial charge in [0.1, 0.15) is 6.61 Å². The van der Waals surface area contributed by atoms with Gasteiger partial charge in [-0.15, -0.1) is 6.58 Å². The third kappa shape index (κ3) is 8.69. The van der Waals surface area contributed by atoms with E-state index in [1.807, 2.05) is 25.1 Å². The predicted molar refractivity (Wildman–Crippen MR) is 119 cm³/mol. The number of likely N-dealkylation sites (N-methyl/N-ethyl adjacent to an activating group) is 1. The second kappa shape index (κ2) is 14.6. The Balaban J connectivity index is 2.99. The van der Waals surface area contributed by atoms with Crippen molar-refractivity contribution in [3.63, 3.8) is 0 Å². The highest BCUT2D eigenvalue weighted by molar-refractivity contribution is 6.03. The van der Waals surface area contributed by atoms with E-state index in [9.17, 15) is 9.59 Å². The summed E-state index contributed by atoms with van der Waals surface area (Å²) >= 11 is 0. The molecule has 0 spiro atoms. The van der Waals surface area contributed by atoms with E-state index in [1.165, 1.54) is 0 Å². The first-order valence-corrected chi connectivity index (χ1v) is 10.6. The molecule has 1 aromatic rings. The zero-order chi connectivity index (χ0) is 21.5. The number of ether oxygens (including phenoxy) is 2.